The normalized spacial score (nSPS) is 48.3. The molecule has 45 heteroatoms. The summed E-state index contributed by atoms with van der Waals surface area (Å²) in [7, 11) is 0. The van der Waals surface area contributed by atoms with Gasteiger partial charge in [-0.1, -0.05) is 0 Å². The van der Waals surface area contributed by atoms with E-state index in [4.69, 9.17) is 71.1 Å². The maximum Gasteiger partial charge on any atom is 0.217 e. The van der Waals surface area contributed by atoms with Crippen molar-refractivity contribution in [1.82, 2.24) is 21.3 Å². The van der Waals surface area contributed by atoms with Crippen LogP contribution in [-0.4, -0.2) is 434 Å². The largest absolute Gasteiger partial charge is 0.394 e. The van der Waals surface area contributed by atoms with Gasteiger partial charge in [-0.3, -0.25) is 19.2 Å². The van der Waals surface area contributed by atoms with E-state index in [-0.39, 0.29) is 0 Å². The Morgan fingerprint density at radius 1 is 0.257 bits per heavy atom. The van der Waals surface area contributed by atoms with Gasteiger partial charge in [0.15, 0.2) is 50.3 Å². The first-order valence-corrected chi connectivity index (χ1v) is 32.1. The number of carbonyl (C=O) groups excluding carboxylic acids is 4. The Hall–Kier alpha value is -3.60. The Morgan fingerprint density at radius 2 is 0.554 bits per heavy atom. The summed E-state index contributed by atoms with van der Waals surface area (Å²) in [6, 6.07) is -6.99. The molecule has 0 aromatic rings. The predicted molar refractivity (Wildman–Crippen MR) is 311 cm³/mol. The Kier molecular flexibility index (Phi) is 29.9. The van der Waals surface area contributed by atoms with Crippen LogP contribution in [-0.2, 0) is 90.2 Å². The highest BCUT2D eigenvalue weighted by atomic mass is 16.8. The molecule has 0 bridgehead atoms. The number of ether oxygens (including phenoxy) is 15. The van der Waals surface area contributed by atoms with Crippen molar-refractivity contribution in [2.24, 2.45) is 0 Å². The Labute approximate surface area is 572 Å². The monoisotopic (exact) mass is 1480 g/mol. The average molecular weight is 1480 g/mol. The van der Waals surface area contributed by atoms with Crippen LogP contribution in [0.15, 0.2) is 0 Å². The second-order valence-electron chi connectivity index (χ2n) is 25.4. The molecule has 0 aromatic heterocycles. The number of aliphatic hydroxyl groups is 22. The third-order valence-electron chi connectivity index (χ3n) is 18.2. The van der Waals surface area contributed by atoms with Crippen LogP contribution in [0.25, 0.3) is 0 Å². The van der Waals surface area contributed by atoms with Crippen LogP contribution in [0.3, 0.4) is 0 Å². The van der Waals surface area contributed by atoms with Gasteiger partial charge in [-0.2, -0.15) is 0 Å². The molecule has 8 rings (SSSR count). The molecular formula is C56H94N4O41. The van der Waals surface area contributed by atoms with Crippen molar-refractivity contribution in [3.63, 3.8) is 0 Å². The van der Waals surface area contributed by atoms with Gasteiger partial charge in [0.1, 0.15) is 195 Å². The van der Waals surface area contributed by atoms with E-state index in [2.05, 4.69) is 21.3 Å². The summed E-state index contributed by atoms with van der Waals surface area (Å²) >= 11 is 0. The molecule has 584 valence electrons. The number of aliphatic hydroxyl groups excluding tert-OH is 22. The Bertz CT molecular complexity index is 2640. The van der Waals surface area contributed by atoms with Gasteiger partial charge in [0.05, 0.1) is 52.9 Å². The van der Waals surface area contributed by atoms with E-state index in [0.29, 0.717) is 0 Å². The van der Waals surface area contributed by atoms with Crippen LogP contribution in [0, 0.1) is 0 Å². The molecule has 101 heavy (non-hydrogen) atoms. The van der Waals surface area contributed by atoms with E-state index < -0.39 is 322 Å². The Balaban J connectivity index is 1.09. The van der Waals surface area contributed by atoms with E-state index in [1.54, 1.807) is 0 Å². The molecule has 45 nitrogen and oxygen atoms in total. The fraction of sp³-hybridized carbons (Fsp3) is 0.929. The van der Waals surface area contributed by atoms with Crippen molar-refractivity contribution >= 4 is 23.6 Å². The van der Waals surface area contributed by atoms with Gasteiger partial charge in [0, 0.05) is 27.7 Å². The molecule has 8 saturated heterocycles. The van der Waals surface area contributed by atoms with E-state index in [1.807, 2.05) is 0 Å². The highest BCUT2D eigenvalue weighted by molar-refractivity contribution is 5.74. The van der Waals surface area contributed by atoms with Crippen molar-refractivity contribution in [1.29, 1.82) is 0 Å². The minimum Gasteiger partial charge on any atom is -0.394 e. The van der Waals surface area contributed by atoms with Gasteiger partial charge in [-0.05, 0) is 0 Å². The van der Waals surface area contributed by atoms with Gasteiger partial charge in [-0.15, -0.1) is 0 Å². The number of hydrogen-bond acceptors (Lipinski definition) is 41. The molecule has 0 aromatic carbocycles. The van der Waals surface area contributed by atoms with Crippen molar-refractivity contribution in [3.05, 3.63) is 0 Å². The van der Waals surface area contributed by atoms with Crippen molar-refractivity contribution in [3.8, 4) is 0 Å². The molecular weight excluding hydrogens is 1380 g/mol. The van der Waals surface area contributed by atoms with Crippen LogP contribution >= 0.6 is 0 Å². The summed E-state index contributed by atoms with van der Waals surface area (Å²) in [4.78, 5) is 50.1. The molecule has 0 spiro atoms. The first kappa shape index (κ1) is 83.0. The van der Waals surface area contributed by atoms with E-state index in [0.717, 1.165) is 27.7 Å². The fourth-order valence-electron chi connectivity index (χ4n) is 12.9. The van der Waals surface area contributed by atoms with Crippen LogP contribution in [0.1, 0.15) is 27.7 Å². The molecule has 0 radical (unpaired) electrons. The fourth-order valence-corrected chi connectivity index (χ4v) is 12.9. The zero-order chi connectivity index (χ0) is 74.5. The second kappa shape index (κ2) is 36.3. The summed E-state index contributed by atoms with van der Waals surface area (Å²) in [5.41, 5.74) is 0. The van der Waals surface area contributed by atoms with Crippen molar-refractivity contribution in [2.75, 3.05) is 52.9 Å². The summed E-state index contributed by atoms with van der Waals surface area (Å²) in [6.45, 7) is -4.16. The minimum absolute atomic E-state index is 0.760. The molecule has 0 saturated carbocycles. The zero-order valence-electron chi connectivity index (χ0n) is 54.3. The van der Waals surface area contributed by atoms with Gasteiger partial charge < -0.3 is 205 Å². The molecule has 0 aliphatic carbocycles. The first-order chi connectivity index (χ1) is 47.7. The van der Waals surface area contributed by atoms with Gasteiger partial charge in [-0.25, -0.2) is 0 Å². The molecule has 8 aliphatic heterocycles. The Morgan fingerprint density at radius 3 is 0.990 bits per heavy atom. The molecule has 26 N–H and O–H groups in total. The lowest BCUT2D eigenvalue weighted by Gasteiger charge is -2.51. The maximum atomic E-state index is 12.8. The zero-order valence-corrected chi connectivity index (χ0v) is 54.3. The first-order valence-electron chi connectivity index (χ1n) is 32.1. The number of amides is 4. The smallest absolute Gasteiger partial charge is 0.217 e. The highest BCUT2D eigenvalue weighted by Gasteiger charge is 2.60. The number of hydrogen-bond donors (Lipinski definition) is 26. The molecule has 4 amide bonds. The summed E-state index contributed by atoms with van der Waals surface area (Å²) in [5.74, 6) is -3.40. The molecule has 8 fully saturated rings. The average Bonchev–Trinajstić information content (AvgIpc) is 0.773. The molecule has 40 atom stereocenters. The molecule has 8 heterocycles. The van der Waals surface area contributed by atoms with E-state index >= 15 is 0 Å². The molecule has 8 aliphatic rings. The summed E-state index contributed by atoms with van der Waals surface area (Å²) in [6.07, 6.45) is -72.6. The number of carbonyl (C=O) groups is 4. The predicted octanol–water partition coefficient (Wildman–Crippen LogP) is -17.9. The minimum atomic E-state index is -2.44. The summed E-state index contributed by atoms with van der Waals surface area (Å²) < 4.78 is 88.3. The third kappa shape index (κ3) is 18.7. The van der Waals surface area contributed by atoms with E-state index in [9.17, 15) is 132 Å². The van der Waals surface area contributed by atoms with Crippen LogP contribution in [0.2, 0.25) is 0 Å². The van der Waals surface area contributed by atoms with Gasteiger partial charge in [0.25, 0.3) is 0 Å². The van der Waals surface area contributed by atoms with Crippen LogP contribution < -0.4 is 21.3 Å². The van der Waals surface area contributed by atoms with Gasteiger partial charge >= 0.3 is 0 Å². The second-order valence-corrected chi connectivity index (χ2v) is 25.4. The van der Waals surface area contributed by atoms with Crippen LogP contribution in [0.5, 0.6) is 0 Å². The van der Waals surface area contributed by atoms with Gasteiger partial charge in [0.2, 0.25) is 23.6 Å². The van der Waals surface area contributed by atoms with Crippen molar-refractivity contribution in [2.45, 2.75) is 273 Å². The summed E-state index contributed by atoms with van der Waals surface area (Å²) in [5, 5.41) is 251. The SMILES string of the molecule is CC(=O)N[C@H]1[C@H](O[C@H]2[C@H](O)[C@H](O[C@@H]3O[C@H](CO)[C@@H](O)[C@H](O)[C@H]3NC(C)=O)[C@@H](O[C@@H]3[C@H](O)[C@H](O)O[C@H](CO[C@H]4O[C@H](CO[C@@H]5O[C@H](CO)[C@@H](O)[C@H](O)[C@H]5NC(C)=O)[C@@H](O)[C@H](O)[C@@H]4O[C@@H]4O[C@H](CO)[C@@H](O)[C@H](O)[C@H]4NC(C)=O)[C@H]3O)O[C@@H]2CO)O[C@H](CO)[C@@H](O[C@@H]2O[C@H](CO)[C@H](O)[C@H](O)[C@H]2O)[C@@H]1O. The van der Waals surface area contributed by atoms with Crippen molar-refractivity contribution < 1.29 is 203 Å². The quantitative estimate of drug-likeness (QED) is 0.0382. The van der Waals surface area contributed by atoms with Crippen LogP contribution in [0.4, 0.5) is 0 Å². The third-order valence-corrected chi connectivity index (χ3v) is 18.2. The lowest BCUT2D eigenvalue weighted by atomic mass is 9.94. The lowest BCUT2D eigenvalue weighted by molar-refractivity contribution is -0.398. The standard InChI is InChI=1S/C56H94N4O41/c1-13(67)57-25-35(77)29(71)17(5-61)90-50(25)87-11-23-33(75)40(82)47(100-51-26(58-14(2)68)36(78)30(72)18(6-62)91-51)55(96-23)88-12-24-34(76)46(43(85)49(86)89-24)99-56-48(101-52-27(59-15(3)69)37(79)31(73)19(7-63)92-52)42(84)45(22(10-66)95-56)97-53-28(60-16(4)70)38(80)44(21(9-65)94-53)98-54-41(83)39(81)32(74)20(8-64)93-54/h17-56,61-66,71-86H,5-12H2,1-4H3,(H,57,67)(H,58,68)(H,59,69)(H,60,70)/t17-,18-,19-,20-,21-,22-,23-,24-,25-,26-,27-,28-,29-,30-,31-,32+,33-,34-,35-,36-,37-,38-,39+,40+,41-,42+,43+,44-,45-,46+,47+,48+,49-,50-,51+,52+,53+,54+,55+,56-/m1/s1. The lowest BCUT2D eigenvalue weighted by Crippen LogP contribution is -2.71. The number of nitrogens with one attached hydrogen (secondary N) is 4. The highest BCUT2D eigenvalue weighted by Crippen LogP contribution is 2.39. The molecule has 0 unspecified atom stereocenters. The maximum absolute atomic E-state index is 12.8. The number of rotatable bonds is 26. The topological polar surface area (TPSA) is 700 Å². The van der Waals surface area contributed by atoms with E-state index in [1.165, 1.54) is 0 Å².